The second kappa shape index (κ2) is 5.87. The molecule has 0 unspecified atom stereocenters. The van der Waals surface area contributed by atoms with Gasteiger partial charge in [-0.25, -0.2) is 4.98 Å². The van der Waals surface area contributed by atoms with E-state index in [9.17, 15) is 4.79 Å². The Bertz CT molecular complexity index is 551. The van der Waals surface area contributed by atoms with Crippen LogP contribution < -0.4 is 0 Å². The Balaban J connectivity index is 2.02. The van der Waals surface area contributed by atoms with Crippen molar-refractivity contribution < 1.29 is 9.53 Å². The number of hydrogen-bond acceptors (Lipinski definition) is 3. The van der Waals surface area contributed by atoms with Gasteiger partial charge in [0, 0.05) is 17.8 Å². The zero-order chi connectivity index (χ0) is 13.0. The molecule has 96 valence electrons. The molecule has 0 saturated heterocycles. The Morgan fingerprint density at radius 1 is 1.56 bits per heavy atom. The summed E-state index contributed by atoms with van der Waals surface area (Å²) in [6.07, 6.45) is 5.49. The number of aromatic amines is 1. The van der Waals surface area contributed by atoms with Crippen LogP contribution in [0.2, 0.25) is 5.02 Å². The second-order valence-electron chi connectivity index (χ2n) is 4.13. The summed E-state index contributed by atoms with van der Waals surface area (Å²) in [6.45, 7) is 2.54. The standard InChI is InChI=1S/C13H15ClN2O2/c1-2-3-4-18-12(17)6-9-5-10-11(14)8-16-13(10)15-7-9/h5,7-8H,2-4,6H2,1H3,(H,15,16). The fraction of sp³-hybridized carbons (Fsp3) is 0.385. The van der Waals surface area contributed by atoms with Crippen molar-refractivity contribution in [2.45, 2.75) is 26.2 Å². The molecule has 0 spiro atoms. The predicted molar refractivity (Wildman–Crippen MR) is 70.7 cm³/mol. The second-order valence-corrected chi connectivity index (χ2v) is 4.53. The maximum atomic E-state index is 11.6. The zero-order valence-corrected chi connectivity index (χ0v) is 11.0. The maximum Gasteiger partial charge on any atom is 0.310 e. The number of pyridine rings is 1. The van der Waals surface area contributed by atoms with Crippen molar-refractivity contribution in [2.75, 3.05) is 6.61 Å². The van der Waals surface area contributed by atoms with E-state index in [1.165, 1.54) is 0 Å². The van der Waals surface area contributed by atoms with Crippen LogP contribution in [-0.4, -0.2) is 22.5 Å². The van der Waals surface area contributed by atoms with Gasteiger partial charge < -0.3 is 9.72 Å². The topological polar surface area (TPSA) is 55.0 Å². The van der Waals surface area contributed by atoms with Gasteiger partial charge in [-0.3, -0.25) is 4.79 Å². The van der Waals surface area contributed by atoms with Gasteiger partial charge in [0.2, 0.25) is 0 Å². The number of carbonyl (C=O) groups is 1. The van der Waals surface area contributed by atoms with Gasteiger partial charge >= 0.3 is 5.97 Å². The first-order valence-electron chi connectivity index (χ1n) is 5.98. The molecule has 0 aliphatic heterocycles. The molecule has 2 heterocycles. The van der Waals surface area contributed by atoms with Crippen LogP contribution in [0, 0.1) is 0 Å². The van der Waals surface area contributed by atoms with E-state index in [0.717, 1.165) is 29.4 Å². The minimum Gasteiger partial charge on any atom is -0.465 e. The fourth-order valence-electron chi connectivity index (χ4n) is 1.66. The highest BCUT2D eigenvalue weighted by Crippen LogP contribution is 2.22. The average Bonchev–Trinajstić information content (AvgIpc) is 2.71. The van der Waals surface area contributed by atoms with Crippen LogP contribution in [0.25, 0.3) is 11.0 Å². The minimum absolute atomic E-state index is 0.226. The van der Waals surface area contributed by atoms with Crippen LogP contribution in [0.3, 0.4) is 0 Å². The van der Waals surface area contributed by atoms with E-state index < -0.39 is 0 Å². The van der Waals surface area contributed by atoms with Gasteiger partial charge in [0.15, 0.2) is 0 Å². The molecule has 5 heteroatoms. The number of hydrogen-bond donors (Lipinski definition) is 1. The maximum absolute atomic E-state index is 11.6. The third kappa shape index (κ3) is 3.01. The van der Waals surface area contributed by atoms with E-state index in [-0.39, 0.29) is 12.4 Å². The largest absolute Gasteiger partial charge is 0.465 e. The molecule has 2 aromatic rings. The van der Waals surface area contributed by atoms with Crippen molar-refractivity contribution in [2.24, 2.45) is 0 Å². The lowest BCUT2D eigenvalue weighted by Crippen LogP contribution is -2.09. The first-order chi connectivity index (χ1) is 8.70. The molecule has 0 amide bonds. The number of fused-ring (bicyclic) bond motifs is 1. The molecule has 4 nitrogen and oxygen atoms in total. The van der Waals surface area contributed by atoms with Crippen molar-refractivity contribution >= 4 is 28.6 Å². The highest BCUT2D eigenvalue weighted by molar-refractivity contribution is 6.35. The molecule has 0 bridgehead atoms. The molecule has 1 N–H and O–H groups in total. The van der Waals surface area contributed by atoms with Gasteiger partial charge in [0.05, 0.1) is 18.1 Å². The van der Waals surface area contributed by atoms with Gasteiger partial charge in [0.25, 0.3) is 0 Å². The van der Waals surface area contributed by atoms with Gasteiger partial charge in [-0.2, -0.15) is 0 Å². The molecule has 0 aliphatic rings. The summed E-state index contributed by atoms with van der Waals surface area (Å²) in [5, 5.41) is 1.44. The lowest BCUT2D eigenvalue weighted by atomic mass is 10.2. The minimum atomic E-state index is -0.226. The number of halogens is 1. The summed E-state index contributed by atoms with van der Waals surface area (Å²) >= 11 is 6.00. The van der Waals surface area contributed by atoms with Gasteiger partial charge in [0.1, 0.15) is 5.65 Å². The first kappa shape index (κ1) is 12.9. The Morgan fingerprint density at radius 3 is 3.17 bits per heavy atom. The van der Waals surface area contributed by atoms with E-state index in [4.69, 9.17) is 16.3 Å². The zero-order valence-electron chi connectivity index (χ0n) is 10.2. The van der Waals surface area contributed by atoms with E-state index in [0.29, 0.717) is 11.6 Å². The summed E-state index contributed by atoms with van der Waals surface area (Å²) < 4.78 is 5.10. The average molecular weight is 267 g/mol. The van der Waals surface area contributed by atoms with Crippen LogP contribution in [0.15, 0.2) is 18.5 Å². The van der Waals surface area contributed by atoms with Gasteiger partial charge in [-0.15, -0.1) is 0 Å². The van der Waals surface area contributed by atoms with E-state index in [2.05, 4.69) is 16.9 Å². The number of nitrogens with one attached hydrogen (secondary N) is 1. The summed E-state index contributed by atoms with van der Waals surface area (Å²) in [4.78, 5) is 18.7. The first-order valence-corrected chi connectivity index (χ1v) is 6.35. The molecule has 0 saturated carbocycles. The molecule has 2 aromatic heterocycles. The summed E-state index contributed by atoms with van der Waals surface area (Å²) in [5.74, 6) is -0.226. The number of carbonyl (C=O) groups excluding carboxylic acids is 1. The molecule has 0 aromatic carbocycles. The highest BCUT2D eigenvalue weighted by Gasteiger charge is 2.08. The van der Waals surface area contributed by atoms with Crippen molar-refractivity contribution in [1.29, 1.82) is 0 Å². The lowest BCUT2D eigenvalue weighted by molar-refractivity contribution is -0.142. The van der Waals surface area contributed by atoms with Crippen LogP contribution in [0.5, 0.6) is 0 Å². The van der Waals surface area contributed by atoms with Crippen LogP contribution in [-0.2, 0) is 16.0 Å². The Labute approximate surface area is 110 Å². The number of ether oxygens (including phenoxy) is 1. The fourth-order valence-corrected chi connectivity index (χ4v) is 1.86. The number of H-pyrrole nitrogens is 1. The Morgan fingerprint density at radius 2 is 2.39 bits per heavy atom. The van der Waals surface area contributed by atoms with Gasteiger partial charge in [-0.1, -0.05) is 24.9 Å². The van der Waals surface area contributed by atoms with Gasteiger partial charge in [-0.05, 0) is 18.1 Å². The molecular formula is C13H15ClN2O2. The molecule has 18 heavy (non-hydrogen) atoms. The SMILES string of the molecule is CCCCOC(=O)Cc1cnc2[nH]cc(Cl)c2c1. The lowest BCUT2D eigenvalue weighted by Gasteiger charge is -2.03. The van der Waals surface area contributed by atoms with Crippen molar-refractivity contribution in [3.05, 3.63) is 29.0 Å². The number of aromatic nitrogens is 2. The van der Waals surface area contributed by atoms with Crippen molar-refractivity contribution in [3.63, 3.8) is 0 Å². The number of unbranched alkanes of at least 4 members (excludes halogenated alkanes) is 1. The third-order valence-corrected chi connectivity index (χ3v) is 2.96. The Kier molecular flexibility index (Phi) is 4.20. The molecule has 0 radical (unpaired) electrons. The normalized spacial score (nSPS) is 10.8. The third-order valence-electron chi connectivity index (χ3n) is 2.65. The van der Waals surface area contributed by atoms with Crippen molar-refractivity contribution in [3.8, 4) is 0 Å². The van der Waals surface area contributed by atoms with Crippen LogP contribution in [0.1, 0.15) is 25.3 Å². The van der Waals surface area contributed by atoms with Crippen molar-refractivity contribution in [1.82, 2.24) is 9.97 Å². The van der Waals surface area contributed by atoms with Crippen LogP contribution in [0.4, 0.5) is 0 Å². The molecule has 0 fully saturated rings. The molecule has 0 aliphatic carbocycles. The smallest absolute Gasteiger partial charge is 0.310 e. The predicted octanol–water partition coefficient (Wildman–Crippen LogP) is 3.10. The summed E-state index contributed by atoms with van der Waals surface area (Å²) in [6, 6.07) is 1.86. The molecular weight excluding hydrogens is 252 g/mol. The van der Waals surface area contributed by atoms with E-state index >= 15 is 0 Å². The highest BCUT2D eigenvalue weighted by atomic mass is 35.5. The summed E-state index contributed by atoms with van der Waals surface area (Å²) in [5.41, 5.74) is 1.54. The van der Waals surface area contributed by atoms with E-state index in [1.54, 1.807) is 12.4 Å². The molecule has 2 rings (SSSR count). The monoisotopic (exact) mass is 266 g/mol. The van der Waals surface area contributed by atoms with E-state index in [1.807, 2.05) is 6.07 Å². The van der Waals surface area contributed by atoms with Crippen LogP contribution >= 0.6 is 11.6 Å². The number of nitrogens with zero attached hydrogens (tertiary/aromatic N) is 1. The number of esters is 1. The number of rotatable bonds is 5. The summed E-state index contributed by atoms with van der Waals surface area (Å²) in [7, 11) is 0. The Hall–Kier alpha value is -1.55. The quantitative estimate of drug-likeness (QED) is 0.668. The molecule has 0 atom stereocenters.